The van der Waals surface area contributed by atoms with E-state index >= 15 is 8.78 Å². The van der Waals surface area contributed by atoms with Crippen LogP contribution in [-0.4, -0.2) is 70.1 Å². The molecule has 9 nitrogen and oxygen atoms in total. The topological polar surface area (TPSA) is 128 Å². The molecule has 238 valence electrons. The van der Waals surface area contributed by atoms with Crippen molar-refractivity contribution in [3.63, 3.8) is 0 Å². The van der Waals surface area contributed by atoms with Crippen molar-refractivity contribution >= 4 is 17.7 Å². The summed E-state index contributed by atoms with van der Waals surface area (Å²) in [6.07, 6.45) is -1.58. The minimum Gasteiger partial charge on any atom is -0.508 e. The molecule has 2 heterocycles. The number of halogens is 2. The quantitative estimate of drug-likeness (QED) is 0.302. The van der Waals surface area contributed by atoms with E-state index in [-0.39, 0.29) is 17.7 Å². The highest BCUT2D eigenvalue weighted by molar-refractivity contribution is 5.97. The summed E-state index contributed by atoms with van der Waals surface area (Å²) < 4.78 is 36.7. The number of para-hydroxylation sites is 1. The van der Waals surface area contributed by atoms with E-state index in [1.165, 1.54) is 32.0 Å². The predicted molar refractivity (Wildman–Crippen MR) is 162 cm³/mol. The molecule has 0 bridgehead atoms. The molecule has 0 aliphatic carbocycles. The van der Waals surface area contributed by atoms with Crippen molar-refractivity contribution in [3.8, 4) is 11.5 Å². The van der Waals surface area contributed by atoms with Crippen molar-refractivity contribution < 1.29 is 38.1 Å². The van der Waals surface area contributed by atoms with E-state index < -0.39 is 59.8 Å². The van der Waals surface area contributed by atoms with E-state index in [0.29, 0.717) is 35.5 Å². The van der Waals surface area contributed by atoms with Gasteiger partial charge in [-0.1, -0.05) is 68.4 Å². The molecule has 0 aromatic heterocycles. The average molecular weight is 622 g/mol. The van der Waals surface area contributed by atoms with E-state index in [2.05, 4.69) is 10.6 Å². The number of rotatable bonds is 8. The molecule has 1 saturated heterocycles. The maximum Gasteiger partial charge on any atom is 0.272 e. The molecule has 0 radical (unpaired) electrons. The van der Waals surface area contributed by atoms with Crippen molar-refractivity contribution in [2.24, 2.45) is 5.41 Å². The Hall–Kier alpha value is -4.51. The number of nitrogens with zero attached hydrogens (tertiary/aromatic N) is 1. The molecule has 0 saturated carbocycles. The fourth-order valence-electron chi connectivity index (χ4n) is 6.08. The van der Waals surface area contributed by atoms with Gasteiger partial charge in [0.25, 0.3) is 17.7 Å². The Morgan fingerprint density at radius 1 is 1.02 bits per heavy atom. The number of phenols is 1. The van der Waals surface area contributed by atoms with Crippen LogP contribution in [0.4, 0.5) is 8.78 Å². The second kappa shape index (κ2) is 12.5. The van der Waals surface area contributed by atoms with Crippen molar-refractivity contribution in [1.29, 1.82) is 0 Å². The first-order valence-electron chi connectivity index (χ1n) is 14.8. The number of nitrogens with one attached hydrogen (secondary N) is 2. The lowest BCUT2D eigenvalue weighted by Gasteiger charge is -2.36. The molecule has 1 fully saturated rings. The number of ether oxygens (including phenoxy) is 1. The number of likely N-dealkylation sites (tertiary alicyclic amines) is 1. The highest BCUT2D eigenvalue weighted by atomic mass is 19.3. The molecule has 2 aliphatic rings. The molecule has 3 aromatic rings. The van der Waals surface area contributed by atoms with Gasteiger partial charge in [0, 0.05) is 23.1 Å². The molecule has 2 aliphatic heterocycles. The summed E-state index contributed by atoms with van der Waals surface area (Å²) in [6.45, 7) is 3.22. The van der Waals surface area contributed by atoms with Crippen LogP contribution in [0.1, 0.15) is 53.4 Å². The number of hydrogen-bond acceptors (Lipinski definition) is 6. The predicted octanol–water partition coefficient (Wildman–Crippen LogP) is 3.91. The summed E-state index contributed by atoms with van der Waals surface area (Å²) in [4.78, 5) is 41.8. The number of fused-ring (bicyclic) bond motifs is 1. The van der Waals surface area contributed by atoms with E-state index in [1.54, 1.807) is 61.5 Å². The molecule has 3 amide bonds. The van der Waals surface area contributed by atoms with Crippen LogP contribution in [0, 0.1) is 12.3 Å². The van der Waals surface area contributed by atoms with Crippen molar-refractivity contribution in [3.05, 3.63) is 95.1 Å². The fourth-order valence-corrected chi connectivity index (χ4v) is 6.08. The Balaban J connectivity index is 1.43. The number of carbonyl (C=O) groups excluding carboxylic acids is 3. The lowest BCUT2D eigenvalue weighted by Crippen LogP contribution is -2.58. The Morgan fingerprint density at radius 2 is 1.71 bits per heavy atom. The molecule has 0 unspecified atom stereocenters. The molecular formula is C34H37F2N3O6. The molecule has 0 spiro atoms. The lowest BCUT2D eigenvalue weighted by molar-refractivity contribution is -0.148. The number of carbonyl (C=O) groups is 3. The van der Waals surface area contributed by atoms with Crippen molar-refractivity contribution in [1.82, 2.24) is 15.5 Å². The number of hydrogen-bond donors (Lipinski definition) is 4. The van der Waals surface area contributed by atoms with Crippen molar-refractivity contribution in [2.45, 2.75) is 63.8 Å². The Bertz CT molecular complexity index is 1580. The summed E-state index contributed by atoms with van der Waals surface area (Å²) in [5.74, 6) is -5.55. The summed E-state index contributed by atoms with van der Waals surface area (Å²) in [6, 6.07) is 16.9. The normalized spacial score (nSPS) is 21.2. The summed E-state index contributed by atoms with van der Waals surface area (Å²) in [7, 11) is 0. The largest absolute Gasteiger partial charge is 0.508 e. The number of aromatic hydroxyl groups is 1. The summed E-state index contributed by atoms with van der Waals surface area (Å²) in [5.41, 5.74) is -0.196. The maximum absolute atomic E-state index is 15.5. The Kier molecular flexibility index (Phi) is 8.84. The Morgan fingerprint density at radius 3 is 2.44 bits per heavy atom. The van der Waals surface area contributed by atoms with Crippen LogP contribution in [0.5, 0.6) is 11.5 Å². The summed E-state index contributed by atoms with van der Waals surface area (Å²) in [5, 5.41) is 27.1. The maximum atomic E-state index is 15.5. The number of aliphatic hydroxyl groups excluding tert-OH is 1. The van der Waals surface area contributed by atoms with Gasteiger partial charge in [0.1, 0.15) is 17.5 Å². The number of alkyl halides is 2. The van der Waals surface area contributed by atoms with Gasteiger partial charge in [-0.3, -0.25) is 14.4 Å². The SMILES string of the molecule is Cc1c(O)cccc1C(=O)N[C@@H](Cc1ccccc1)[C@H](O)C(=O)N1CC(F)(F)C(C)(C)[C@H]1C(=O)N[C@H]1CCOc2ccccc21. The zero-order valence-corrected chi connectivity index (χ0v) is 25.3. The van der Waals surface area contributed by atoms with Crippen LogP contribution in [0.15, 0.2) is 72.8 Å². The highest BCUT2D eigenvalue weighted by Gasteiger charge is 2.64. The van der Waals surface area contributed by atoms with Crippen LogP contribution in [0.3, 0.4) is 0 Å². The number of phenolic OH excluding ortho intramolecular Hbond substituents is 1. The zero-order chi connectivity index (χ0) is 32.5. The molecule has 5 rings (SSSR count). The molecule has 4 N–H and O–H groups in total. The minimum absolute atomic E-state index is 0.0132. The summed E-state index contributed by atoms with van der Waals surface area (Å²) >= 11 is 0. The van der Waals surface area contributed by atoms with Gasteiger partial charge in [-0.05, 0) is 37.1 Å². The molecule has 4 atom stereocenters. The van der Waals surface area contributed by atoms with E-state index in [1.807, 2.05) is 0 Å². The van der Waals surface area contributed by atoms with Crippen LogP contribution >= 0.6 is 0 Å². The van der Waals surface area contributed by atoms with Crippen LogP contribution in [-0.2, 0) is 16.0 Å². The molecular weight excluding hydrogens is 584 g/mol. The number of benzene rings is 3. The molecule has 11 heteroatoms. The van der Waals surface area contributed by atoms with E-state index in [4.69, 9.17) is 4.74 Å². The third kappa shape index (κ3) is 6.22. The zero-order valence-electron chi connectivity index (χ0n) is 25.3. The molecule has 3 aromatic carbocycles. The second-order valence-corrected chi connectivity index (χ2v) is 12.2. The van der Waals surface area contributed by atoms with Crippen molar-refractivity contribution in [2.75, 3.05) is 13.2 Å². The van der Waals surface area contributed by atoms with E-state index in [9.17, 15) is 24.6 Å². The van der Waals surface area contributed by atoms with Crippen LogP contribution in [0.25, 0.3) is 0 Å². The average Bonchev–Trinajstić information content (AvgIpc) is 3.21. The van der Waals surface area contributed by atoms with Gasteiger partial charge < -0.3 is 30.5 Å². The first kappa shape index (κ1) is 31.9. The third-order valence-electron chi connectivity index (χ3n) is 8.91. The number of aliphatic hydroxyl groups is 1. The first-order chi connectivity index (χ1) is 21.3. The third-order valence-corrected chi connectivity index (χ3v) is 8.91. The van der Waals surface area contributed by atoms with Gasteiger partial charge >= 0.3 is 0 Å². The number of amides is 3. The standard InChI is InChI=1S/C34H37F2N3O6/c1-20-22(13-9-14-26(20)40)30(42)38-25(18-21-10-5-4-6-11-21)28(41)32(44)39-19-34(35,36)33(2,3)29(39)31(43)37-24-16-17-45-27-15-8-7-12-23(24)27/h4-15,24-25,28-29,40-41H,16-19H2,1-3H3,(H,37,43)(H,38,42)/t24-,25-,28-,29+/m0/s1. The minimum atomic E-state index is -3.46. The lowest BCUT2D eigenvalue weighted by atomic mass is 9.81. The van der Waals surface area contributed by atoms with Crippen LogP contribution < -0.4 is 15.4 Å². The highest BCUT2D eigenvalue weighted by Crippen LogP contribution is 2.48. The Labute approximate surface area is 260 Å². The second-order valence-electron chi connectivity index (χ2n) is 12.2. The first-order valence-corrected chi connectivity index (χ1v) is 14.8. The molecule has 45 heavy (non-hydrogen) atoms. The smallest absolute Gasteiger partial charge is 0.272 e. The monoisotopic (exact) mass is 621 g/mol. The van der Waals surface area contributed by atoms with Crippen LogP contribution in [0.2, 0.25) is 0 Å². The van der Waals surface area contributed by atoms with Gasteiger partial charge in [0.2, 0.25) is 5.91 Å². The van der Waals surface area contributed by atoms with Gasteiger partial charge in [-0.25, -0.2) is 8.78 Å². The van der Waals surface area contributed by atoms with E-state index in [0.717, 1.165) is 4.90 Å². The van der Waals surface area contributed by atoms with Gasteiger partial charge in [0.15, 0.2) is 6.10 Å². The van der Waals surface area contributed by atoms with Gasteiger partial charge in [-0.2, -0.15) is 0 Å². The van der Waals surface area contributed by atoms with Gasteiger partial charge in [0.05, 0.1) is 30.7 Å². The van der Waals surface area contributed by atoms with Gasteiger partial charge in [-0.15, -0.1) is 0 Å². The fraction of sp³-hybridized carbons (Fsp3) is 0.382.